The summed E-state index contributed by atoms with van der Waals surface area (Å²) in [6.45, 7) is 2.45. The van der Waals surface area contributed by atoms with Gasteiger partial charge in [-0.2, -0.15) is 0 Å². The molecule has 1 aliphatic heterocycles. The van der Waals surface area contributed by atoms with Crippen molar-refractivity contribution in [1.82, 2.24) is 5.32 Å². The Balaban J connectivity index is 1.48. The number of carbonyl (C=O) groups is 3. The van der Waals surface area contributed by atoms with Gasteiger partial charge >= 0.3 is 0 Å². The van der Waals surface area contributed by atoms with Crippen molar-refractivity contribution in [3.8, 4) is 11.5 Å². The van der Waals surface area contributed by atoms with E-state index in [9.17, 15) is 14.4 Å². The van der Waals surface area contributed by atoms with E-state index in [4.69, 9.17) is 18.6 Å². The van der Waals surface area contributed by atoms with Crippen LogP contribution >= 0.6 is 0 Å². The van der Waals surface area contributed by atoms with Crippen LogP contribution in [0.25, 0.3) is 0 Å². The SMILES string of the molecule is COCCNC(=O)c1ccc(CN2C(=O)COc3ccc(C(=O)COc4ccccc4C)cc32)o1. The van der Waals surface area contributed by atoms with Crippen LogP contribution in [-0.4, -0.2) is 51.1 Å². The zero-order valence-electron chi connectivity index (χ0n) is 19.5. The van der Waals surface area contributed by atoms with Crippen LogP contribution in [0.3, 0.4) is 0 Å². The standard InChI is InChI=1S/C26H26N2O7/c1-17-5-3-4-6-22(17)33-15-21(29)18-7-9-23-20(13-18)28(25(30)16-34-23)14-19-8-10-24(35-19)26(31)27-11-12-32-2/h3-10,13H,11-12,14-16H2,1-2H3,(H,27,31). The Kier molecular flexibility index (Phi) is 7.47. The number of nitrogens with one attached hydrogen (secondary N) is 1. The summed E-state index contributed by atoms with van der Waals surface area (Å²) in [6.07, 6.45) is 0. The minimum atomic E-state index is -0.372. The van der Waals surface area contributed by atoms with Crippen LogP contribution in [0.15, 0.2) is 59.0 Å². The van der Waals surface area contributed by atoms with Crippen LogP contribution in [-0.2, 0) is 16.1 Å². The van der Waals surface area contributed by atoms with Crippen LogP contribution in [0.2, 0.25) is 0 Å². The average Bonchev–Trinajstić information content (AvgIpc) is 3.34. The molecule has 1 N–H and O–H groups in total. The van der Waals surface area contributed by atoms with Crippen LogP contribution in [0, 0.1) is 6.92 Å². The highest BCUT2D eigenvalue weighted by Crippen LogP contribution is 2.34. The fourth-order valence-corrected chi connectivity index (χ4v) is 3.59. The van der Waals surface area contributed by atoms with Gasteiger partial charge < -0.3 is 23.9 Å². The largest absolute Gasteiger partial charge is 0.485 e. The first kappa shape index (κ1) is 24.0. The zero-order valence-corrected chi connectivity index (χ0v) is 19.5. The number of para-hydroxylation sites is 1. The Labute approximate surface area is 202 Å². The van der Waals surface area contributed by atoms with Crippen molar-refractivity contribution >= 4 is 23.3 Å². The maximum absolute atomic E-state index is 12.8. The highest BCUT2D eigenvalue weighted by atomic mass is 16.5. The molecule has 3 aromatic rings. The lowest BCUT2D eigenvalue weighted by molar-refractivity contribution is -0.121. The number of ether oxygens (including phenoxy) is 3. The molecule has 0 spiro atoms. The molecule has 0 radical (unpaired) electrons. The third kappa shape index (κ3) is 5.70. The first-order valence-electron chi connectivity index (χ1n) is 11.1. The van der Waals surface area contributed by atoms with Crippen LogP contribution in [0.5, 0.6) is 11.5 Å². The lowest BCUT2D eigenvalue weighted by Gasteiger charge is -2.29. The molecule has 9 nitrogen and oxygen atoms in total. The van der Waals surface area contributed by atoms with E-state index in [-0.39, 0.29) is 43.1 Å². The summed E-state index contributed by atoms with van der Waals surface area (Å²) in [6, 6.07) is 15.5. The van der Waals surface area contributed by atoms with Gasteiger partial charge in [-0.05, 0) is 48.9 Å². The number of fused-ring (bicyclic) bond motifs is 1. The third-order valence-electron chi connectivity index (χ3n) is 5.47. The van der Waals surface area contributed by atoms with E-state index in [1.807, 2.05) is 25.1 Å². The molecule has 0 saturated carbocycles. The topological polar surface area (TPSA) is 107 Å². The van der Waals surface area contributed by atoms with Crippen molar-refractivity contribution in [2.75, 3.05) is 38.4 Å². The normalized spacial score (nSPS) is 12.6. The van der Waals surface area contributed by atoms with E-state index >= 15 is 0 Å². The third-order valence-corrected chi connectivity index (χ3v) is 5.47. The number of furan rings is 1. The number of benzene rings is 2. The van der Waals surface area contributed by atoms with E-state index in [1.165, 1.54) is 4.90 Å². The van der Waals surface area contributed by atoms with Gasteiger partial charge in [0.05, 0.1) is 18.8 Å². The van der Waals surface area contributed by atoms with Gasteiger partial charge in [-0.3, -0.25) is 19.3 Å². The van der Waals surface area contributed by atoms with Gasteiger partial charge in [-0.1, -0.05) is 18.2 Å². The Morgan fingerprint density at radius 2 is 1.94 bits per heavy atom. The molecule has 0 saturated heterocycles. The number of methoxy groups -OCH3 is 1. The van der Waals surface area contributed by atoms with E-state index < -0.39 is 0 Å². The highest BCUT2D eigenvalue weighted by molar-refractivity contribution is 6.02. The number of aryl methyl sites for hydroxylation is 1. The van der Waals surface area contributed by atoms with Crippen molar-refractivity contribution in [2.45, 2.75) is 13.5 Å². The summed E-state index contributed by atoms with van der Waals surface area (Å²) in [4.78, 5) is 39.1. The lowest BCUT2D eigenvalue weighted by atomic mass is 10.1. The van der Waals surface area contributed by atoms with Gasteiger partial charge in [-0.15, -0.1) is 0 Å². The summed E-state index contributed by atoms with van der Waals surface area (Å²) >= 11 is 0. The number of amides is 2. The van der Waals surface area contributed by atoms with Gasteiger partial charge in [0, 0.05) is 19.2 Å². The number of hydrogen-bond acceptors (Lipinski definition) is 7. The summed E-state index contributed by atoms with van der Waals surface area (Å²) in [5.74, 6) is 0.771. The molecule has 182 valence electrons. The minimum Gasteiger partial charge on any atom is -0.485 e. The molecule has 0 aliphatic carbocycles. The maximum Gasteiger partial charge on any atom is 0.287 e. The first-order chi connectivity index (χ1) is 17.0. The molecule has 0 bridgehead atoms. The Morgan fingerprint density at radius 1 is 1.11 bits per heavy atom. The number of rotatable bonds is 10. The monoisotopic (exact) mass is 478 g/mol. The molecule has 2 amide bonds. The molecule has 0 atom stereocenters. The van der Waals surface area contributed by atoms with E-state index in [1.54, 1.807) is 43.5 Å². The van der Waals surface area contributed by atoms with Crippen LogP contribution < -0.4 is 19.7 Å². The van der Waals surface area contributed by atoms with Crippen molar-refractivity contribution in [3.63, 3.8) is 0 Å². The smallest absolute Gasteiger partial charge is 0.287 e. The number of hydrogen-bond donors (Lipinski definition) is 1. The molecule has 1 aromatic heterocycles. The van der Waals surface area contributed by atoms with E-state index in [2.05, 4.69) is 5.32 Å². The predicted molar refractivity (Wildman–Crippen MR) is 127 cm³/mol. The van der Waals surface area contributed by atoms with Gasteiger partial charge in [-0.25, -0.2) is 0 Å². The van der Waals surface area contributed by atoms with Crippen molar-refractivity contribution < 1.29 is 33.0 Å². The molecular formula is C26H26N2O7. The maximum atomic E-state index is 12.8. The fraction of sp³-hybridized carbons (Fsp3) is 0.269. The molecule has 2 heterocycles. The van der Waals surface area contributed by atoms with Gasteiger partial charge in [0.1, 0.15) is 17.3 Å². The van der Waals surface area contributed by atoms with Crippen molar-refractivity contribution in [2.24, 2.45) is 0 Å². The number of ketones is 1. The molecule has 2 aromatic carbocycles. The quantitative estimate of drug-likeness (QED) is 0.352. The fourth-order valence-electron chi connectivity index (χ4n) is 3.59. The van der Waals surface area contributed by atoms with Gasteiger partial charge in [0.25, 0.3) is 11.8 Å². The van der Waals surface area contributed by atoms with Crippen LogP contribution in [0.4, 0.5) is 5.69 Å². The van der Waals surface area contributed by atoms with E-state index in [0.29, 0.717) is 41.7 Å². The number of carbonyl (C=O) groups excluding carboxylic acids is 3. The van der Waals surface area contributed by atoms with Gasteiger partial charge in [0.2, 0.25) is 0 Å². The minimum absolute atomic E-state index is 0.0812. The van der Waals surface area contributed by atoms with E-state index in [0.717, 1.165) is 5.56 Å². The second-order valence-corrected chi connectivity index (χ2v) is 7.94. The van der Waals surface area contributed by atoms with Gasteiger partial charge in [0.15, 0.2) is 24.8 Å². The molecule has 0 fully saturated rings. The number of anilines is 1. The number of nitrogens with zero attached hydrogens (tertiary/aromatic N) is 1. The Morgan fingerprint density at radius 3 is 2.74 bits per heavy atom. The first-order valence-corrected chi connectivity index (χ1v) is 11.1. The van der Waals surface area contributed by atoms with Crippen molar-refractivity contribution in [3.05, 3.63) is 77.2 Å². The molecule has 0 unspecified atom stereocenters. The average molecular weight is 479 g/mol. The molecule has 4 rings (SSSR count). The summed E-state index contributed by atoms with van der Waals surface area (Å²) in [7, 11) is 1.55. The predicted octanol–water partition coefficient (Wildman–Crippen LogP) is 3.15. The van der Waals surface area contributed by atoms with Crippen LogP contribution in [0.1, 0.15) is 32.2 Å². The summed E-state index contributed by atoms with van der Waals surface area (Å²) < 4.78 is 21.8. The number of Topliss-reactive ketones (excluding diaryl/α,β-unsaturated/α-hetero) is 1. The summed E-state index contributed by atoms with van der Waals surface area (Å²) in [5, 5.41) is 2.68. The second kappa shape index (κ2) is 10.9. The Bertz CT molecular complexity index is 1230. The van der Waals surface area contributed by atoms with Crippen molar-refractivity contribution in [1.29, 1.82) is 0 Å². The molecule has 1 aliphatic rings. The zero-order chi connectivity index (χ0) is 24.8. The molecule has 35 heavy (non-hydrogen) atoms. The second-order valence-electron chi connectivity index (χ2n) is 7.94. The summed E-state index contributed by atoms with van der Waals surface area (Å²) in [5.41, 5.74) is 1.77. The highest BCUT2D eigenvalue weighted by Gasteiger charge is 2.28. The Hall–Kier alpha value is -4.11. The molecular weight excluding hydrogens is 452 g/mol. The lowest BCUT2D eigenvalue weighted by Crippen LogP contribution is -2.38. The molecule has 9 heteroatoms.